The molecule has 0 radical (unpaired) electrons. The maximum atomic E-state index is 13.1. The Kier molecular flexibility index (Phi) is 5.89. The van der Waals surface area contributed by atoms with E-state index in [0.29, 0.717) is 31.1 Å². The predicted octanol–water partition coefficient (Wildman–Crippen LogP) is 1.33. The summed E-state index contributed by atoms with van der Waals surface area (Å²) in [5.41, 5.74) is 1.65. The van der Waals surface area contributed by atoms with Crippen molar-refractivity contribution in [3.05, 3.63) is 29.8 Å². The lowest BCUT2D eigenvalue weighted by molar-refractivity contribution is 0.0586. The Bertz CT molecular complexity index is 676. The van der Waals surface area contributed by atoms with Gasteiger partial charge in [0.05, 0.1) is 6.61 Å². The van der Waals surface area contributed by atoms with Gasteiger partial charge in [0.1, 0.15) is 0 Å². The van der Waals surface area contributed by atoms with Crippen LogP contribution in [0.5, 0.6) is 0 Å². The van der Waals surface area contributed by atoms with Gasteiger partial charge in [0, 0.05) is 64.6 Å². The summed E-state index contributed by atoms with van der Waals surface area (Å²) in [7, 11) is 5.46. The van der Waals surface area contributed by atoms with Crippen LogP contribution in [0.15, 0.2) is 24.3 Å². The molecule has 3 fully saturated rings. The van der Waals surface area contributed by atoms with Gasteiger partial charge in [0.2, 0.25) is 0 Å². The molecular weight excluding hydrogens is 344 g/mol. The van der Waals surface area contributed by atoms with Gasteiger partial charge in [-0.3, -0.25) is 4.79 Å². The van der Waals surface area contributed by atoms with Crippen molar-refractivity contribution in [1.82, 2.24) is 14.7 Å². The fraction of sp³-hybridized carbons (Fsp3) is 0.600. The van der Waals surface area contributed by atoms with E-state index >= 15 is 0 Å². The molecule has 1 aromatic rings. The first-order chi connectivity index (χ1) is 12.9. The monoisotopic (exact) mass is 374 g/mol. The number of hydrogen-bond acceptors (Lipinski definition) is 4. The Labute approximate surface area is 161 Å². The number of fused-ring (bicyclic) bond motifs is 4. The lowest BCUT2D eigenvalue weighted by Crippen LogP contribution is -2.48. The molecular formula is C20H30N4O3. The minimum absolute atomic E-state index is 0.0254. The van der Waals surface area contributed by atoms with Crippen LogP contribution in [0.25, 0.3) is 0 Å². The summed E-state index contributed by atoms with van der Waals surface area (Å²) < 4.78 is 0. The molecule has 0 aliphatic carbocycles. The number of likely N-dealkylation sites (N-methyl/N-ethyl adjacent to an activating group) is 1. The maximum Gasteiger partial charge on any atom is 0.319 e. The minimum atomic E-state index is 0.0254. The van der Waals surface area contributed by atoms with Crippen LogP contribution in [0.4, 0.5) is 10.5 Å². The average molecular weight is 374 g/mol. The van der Waals surface area contributed by atoms with E-state index in [1.54, 1.807) is 19.0 Å². The number of carbonyl (C=O) groups excluding carboxylic acids is 2. The second kappa shape index (κ2) is 8.17. The summed E-state index contributed by atoms with van der Waals surface area (Å²) >= 11 is 0. The SMILES string of the molecule is CN(C)C(=O)N1C[C@H]2CC[C@@H](C1)N(C(=O)c1ccc(N(C)CCO)cc1)C2. The number of carbonyl (C=O) groups is 2. The molecule has 7 heteroatoms. The minimum Gasteiger partial charge on any atom is -0.395 e. The summed E-state index contributed by atoms with van der Waals surface area (Å²) in [5.74, 6) is 0.381. The molecule has 3 saturated heterocycles. The topological polar surface area (TPSA) is 67.3 Å². The zero-order valence-corrected chi connectivity index (χ0v) is 16.5. The molecule has 2 bridgehead atoms. The number of anilines is 1. The van der Waals surface area contributed by atoms with Gasteiger partial charge >= 0.3 is 6.03 Å². The van der Waals surface area contributed by atoms with Crippen LogP contribution < -0.4 is 4.90 Å². The number of rotatable bonds is 4. The standard InChI is InChI=1S/C20H30N4O3/c1-21(2)20(27)23-12-15-4-7-18(14-23)24(13-15)19(26)16-5-8-17(9-6-16)22(3)10-11-25/h5-6,8-9,15,18,25H,4,7,10-14H2,1-3H3/t15-,18+/m1/s1. The molecule has 2 atom stereocenters. The van der Waals surface area contributed by atoms with Gasteiger partial charge in [0.15, 0.2) is 0 Å². The number of hydrogen-bond donors (Lipinski definition) is 1. The fourth-order valence-electron chi connectivity index (χ4n) is 4.07. The van der Waals surface area contributed by atoms with Gasteiger partial charge in [-0.2, -0.15) is 0 Å². The molecule has 3 aliphatic heterocycles. The lowest BCUT2D eigenvalue weighted by Gasteiger charge is -2.36. The van der Waals surface area contributed by atoms with Crippen molar-refractivity contribution in [2.45, 2.75) is 18.9 Å². The number of urea groups is 1. The number of amides is 3. The Hall–Kier alpha value is -2.28. The van der Waals surface area contributed by atoms with Crippen LogP contribution in [-0.2, 0) is 0 Å². The zero-order chi connectivity index (χ0) is 19.6. The summed E-state index contributed by atoms with van der Waals surface area (Å²) in [6, 6.07) is 7.65. The van der Waals surface area contributed by atoms with Crippen molar-refractivity contribution in [2.75, 3.05) is 58.8 Å². The Balaban J connectivity index is 1.73. The highest BCUT2D eigenvalue weighted by atomic mass is 16.3. The summed E-state index contributed by atoms with van der Waals surface area (Å²) in [4.78, 5) is 32.9. The van der Waals surface area contributed by atoms with E-state index in [9.17, 15) is 9.59 Å². The number of benzene rings is 1. The molecule has 0 unspecified atom stereocenters. The molecule has 3 heterocycles. The van der Waals surface area contributed by atoms with Gasteiger partial charge in [0.25, 0.3) is 5.91 Å². The van der Waals surface area contributed by atoms with Crippen LogP contribution in [0.2, 0.25) is 0 Å². The van der Waals surface area contributed by atoms with Crippen LogP contribution >= 0.6 is 0 Å². The first-order valence-electron chi connectivity index (χ1n) is 9.60. The lowest BCUT2D eigenvalue weighted by atomic mass is 9.94. The number of piperidine rings is 1. The van der Waals surface area contributed by atoms with E-state index in [2.05, 4.69) is 0 Å². The third-order valence-corrected chi connectivity index (χ3v) is 5.62. The van der Waals surface area contributed by atoms with E-state index in [0.717, 1.165) is 25.1 Å². The van der Waals surface area contributed by atoms with Crippen LogP contribution in [0.3, 0.4) is 0 Å². The van der Waals surface area contributed by atoms with Gasteiger partial charge in [-0.15, -0.1) is 0 Å². The fourth-order valence-corrected chi connectivity index (χ4v) is 4.07. The number of aliphatic hydroxyl groups is 1. The van der Waals surface area contributed by atoms with E-state index < -0.39 is 0 Å². The molecule has 0 saturated carbocycles. The highest BCUT2D eigenvalue weighted by molar-refractivity contribution is 5.95. The van der Waals surface area contributed by atoms with Crippen molar-refractivity contribution >= 4 is 17.6 Å². The first-order valence-corrected chi connectivity index (χ1v) is 9.60. The highest BCUT2D eigenvalue weighted by Crippen LogP contribution is 2.30. The van der Waals surface area contributed by atoms with Gasteiger partial charge < -0.3 is 24.7 Å². The predicted molar refractivity (Wildman–Crippen MR) is 105 cm³/mol. The third-order valence-electron chi connectivity index (χ3n) is 5.62. The summed E-state index contributed by atoms with van der Waals surface area (Å²) in [5, 5.41) is 9.06. The molecule has 7 nitrogen and oxygen atoms in total. The Morgan fingerprint density at radius 3 is 2.41 bits per heavy atom. The second-order valence-corrected chi connectivity index (χ2v) is 7.83. The number of nitrogens with zero attached hydrogens (tertiary/aromatic N) is 4. The average Bonchev–Trinajstić information content (AvgIpc) is 2.99. The van der Waals surface area contributed by atoms with E-state index in [1.165, 1.54) is 0 Å². The second-order valence-electron chi connectivity index (χ2n) is 7.83. The van der Waals surface area contributed by atoms with Crippen LogP contribution in [0.1, 0.15) is 23.2 Å². The van der Waals surface area contributed by atoms with Crippen LogP contribution in [-0.4, -0.2) is 91.7 Å². The molecule has 0 spiro atoms. The summed E-state index contributed by atoms with van der Waals surface area (Å²) in [6.07, 6.45) is 2.02. The molecule has 27 heavy (non-hydrogen) atoms. The molecule has 4 rings (SSSR count). The number of aliphatic hydroxyl groups excluding tert-OH is 1. The maximum absolute atomic E-state index is 13.1. The van der Waals surface area contributed by atoms with Crippen molar-refractivity contribution < 1.29 is 14.7 Å². The van der Waals surface area contributed by atoms with Gasteiger partial charge in [-0.25, -0.2) is 4.79 Å². The zero-order valence-electron chi connectivity index (χ0n) is 16.5. The largest absolute Gasteiger partial charge is 0.395 e. The van der Waals surface area contributed by atoms with E-state index in [-0.39, 0.29) is 24.6 Å². The highest BCUT2D eigenvalue weighted by Gasteiger charge is 2.39. The Morgan fingerprint density at radius 2 is 1.78 bits per heavy atom. The molecule has 3 amide bonds. The van der Waals surface area contributed by atoms with Crippen molar-refractivity contribution in [1.29, 1.82) is 0 Å². The van der Waals surface area contributed by atoms with Crippen LogP contribution in [0, 0.1) is 5.92 Å². The van der Waals surface area contributed by atoms with Gasteiger partial charge in [-0.1, -0.05) is 0 Å². The molecule has 3 aliphatic rings. The first kappa shape index (κ1) is 19.5. The smallest absolute Gasteiger partial charge is 0.319 e. The normalized spacial score (nSPS) is 21.8. The molecule has 148 valence electrons. The molecule has 1 N–H and O–H groups in total. The third kappa shape index (κ3) is 4.18. The quantitative estimate of drug-likeness (QED) is 0.864. The van der Waals surface area contributed by atoms with E-state index in [1.807, 2.05) is 46.0 Å². The molecule has 0 aromatic heterocycles. The molecule has 1 aromatic carbocycles. The van der Waals surface area contributed by atoms with Crippen molar-refractivity contribution in [2.24, 2.45) is 5.92 Å². The van der Waals surface area contributed by atoms with E-state index in [4.69, 9.17) is 5.11 Å². The summed E-state index contributed by atoms with van der Waals surface area (Å²) in [6.45, 7) is 2.70. The van der Waals surface area contributed by atoms with Crippen molar-refractivity contribution in [3.63, 3.8) is 0 Å². The van der Waals surface area contributed by atoms with Gasteiger partial charge in [-0.05, 0) is 43.0 Å². The Morgan fingerprint density at radius 1 is 1.07 bits per heavy atom. The van der Waals surface area contributed by atoms with Crippen molar-refractivity contribution in [3.8, 4) is 0 Å².